The maximum Gasteiger partial charge on any atom is 0.137 e. The largest absolute Gasteiger partial charge is 0.395 e. The van der Waals surface area contributed by atoms with E-state index in [1.54, 1.807) is 6.20 Å². The first-order valence-electron chi connectivity index (χ1n) is 5.39. The van der Waals surface area contributed by atoms with Crippen molar-refractivity contribution < 1.29 is 5.11 Å². The smallest absolute Gasteiger partial charge is 0.137 e. The van der Waals surface area contributed by atoms with Crippen LogP contribution in [0.5, 0.6) is 0 Å². The SMILES string of the molecule is OCC1(c2c[nH]c3ncccc23)CCC1. The lowest BCUT2D eigenvalue weighted by Gasteiger charge is -2.40. The number of H-pyrrole nitrogens is 1. The Balaban J connectivity index is 2.18. The van der Waals surface area contributed by atoms with Gasteiger partial charge in [-0.05, 0) is 30.5 Å². The number of rotatable bonds is 2. The highest BCUT2D eigenvalue weighted by molar-refractivity contribution is 5.81. The van der Waals surface area contributed by atoms with Crippen LogP contribution in [0, 0.1) is 0 Å². The molecule has 3 nitrogen and oxygen atoms in total. The number of hydrogen-bond donors (Lipinski definition) is 2. The van der Waals surface area contributed by atoms with Crippen molar-refractivity contribution in [2.75, 3.05) is 6.61 Å². The third-order valence-electron chi connectivity index (χ3n) is 3.64. The van der Waals surface area contributed by atoms with Gasteiger partial charge >= 0.3 is 0 Å². The molecular formula is C12H14N2O. The van der Waals surface area contributed by atoms with Crippen LogP contribution in [0.25, 0.3) is 11.0 Å². The van der Waals surface area contributed by atoms with Crippen molar-refractivity contribution in [2.24, 2.45) is 0 Å². The van der Waals surface area contributed by atoms with Crippen LogP contribution in [0.4, 0.5) is 0 Å². The molecule has 2 N–H and O–H groups in total. The number of nitrogens with zero attached hydrogens (tertiary/aromatic N) is 1. The number of aromatic nitrogens is 2. The number of fused-ring (bicyclic) bond motifs is 1. The monoisotopic (exact) mass is 202 g/mol. The Labute approximate surface area is 88.2 Å². The number of aromatic amines is 1. The van der Waals surface area contributed by atoms with Gasteiger partial charge < -0.3 is 10.1 Å². The van der Waals surface area contributed by atoms with Crippen molar-refractivity contribution in [1.82, 2.24) is 9.97 Å². The van der Waals surface area contributed by atoms with E-state index in [0.717, 1.165) is 23.9 Å². The van der Waals surface area contributed by atoms with Gasteiger partial charge in [-0.2, -0.15) is 0 Å². The minimum absolute atomic E-state index is 0.00127. The molecule has 0 bridgehead atoms. The van der Waals surface area contributed by atoms with E-state index in [9.17, 15) is 5.11 Å². The fraction of sp³-hybridized carbons (Fsp3) is 0.417. The maximum atomic E-state index is 9.53. The lowest BCUT2D eigenvalue weighted by molar-refractivity contribution is 0.121. The fourth-order valence-corrected chi connectivity index (χ4v) is 2.51. The molecule has 2 aromatic heterocycles. The molecule has 0 atom stereocenters. The quantitative estimate of drug-likeness (QED) is 0.782. The Bertz CT molecular complexity index is 480. The molecule has 3 rings (SSSR count). The van der Waals surface area contributed by atoms with Crippen LogP contribution in [0.2, 0.25) is 0 Å². The van der Waals surface area contributed by atoms with Crippen LogP contribution >= 0.6 is 0 Å². The number of nitrogens with one attached hydrogen (secondary N) is 1. The second-order valence-corrected chi connectivity index (χ2v) is 4.39. The molecule has 2 aromatic rings. The predicted octanol–water partition coefficient (Wildman–Crippen LogP) is 1.98. The molecule has 1 saturated carbocycles. The number of pyridine rings is 1. The number of aliphatic hydroxyl groups is 1. The molecule has 1 aliphatic rings. The van der Waals surface area contributed by atoms with Crippen LogP contribution in [0.15, 0.2) is 24.5 Å². The van der Waals surface area contributed by atoms with Gasteiger partial charge in [0.2, 0.25) is 0 Å². The third kappa shape index (κ3) is 1.13. The average Bonchev–Trinajstić information content (AvgIpc) is 2.62. The van der Waals surface area contributed by atoms with E-state index in [1.165, 1.54) is 12.0 Å². The Kier molecular flexibility index (Phi) is 1.83. The topological polar surface area (TPSA) is 48.9 Å². The average molecular weight is 202 g/mol. The van der Waals surface area contributed by atoms with Crippen LogP contribution in [-0.4, -0.2) is 21.7 Å². The van der Waals surface area contributed by atoms with Crippen LogP contribution < -0.4 is 0 Å². The summed E-state index contributed by atoms with van der Waals surface area (Å²) in [7, 11) is 0. The van der Waals surface area contributed by atoms with E-state index in [-0.39, 0.29) is 12.0 Å². The molecule has 0 amide bonds. The van der Waals surface area contributed by atoms with Gasteiger partial charge in [-0.15, -0.1) is 0 Å². The summed E-state index contributed by atoms with van der Waals surface area (Å²) in [5, 5.41) is 10.7. The first-order chi connectivity index (χ1) is 7.36. The zero-order valence-electron chi connectivity index (χ0n) is 8.53. The Morgan fingerprint density at radius 2 is 2.33 bits per heavy atom. The van der Waals surface area contributed by atoms with Gasteiger partial charge in [-0.3, -0.25) is 0 Å². The minimum Gasteiger partial charge on any atom is -0.395 e. The van der Waals surface area contributed by atoms with Crippen molar-refractivity contribution in [2.45, 2.75) is 24.7 Å². The molecule has 1 fully saturated rings. The molecule has 0 aliphatic heterocycles. The molecular weight excluding hydrogens is 188 g/mol. The molecule has 15 heavy (non-hydrogen) atoms. The summed E-state index contributed by atoms with van der Waals surface area (Å²) >= 11 is 0. The maximum absolute atomic E-state index is 9.53. The standard InChI is InChI=1S/C12H14N2O/c15-8-12(4-2-5-12)10-7-14-11-9(10)3-1-6-13-11/h1,3,6-7,15H,2,4-5,8H2,(H,13,14). The van der Waals surface area contributed by atoms with Crippen molar-refractivity contribution in [3.63, 3.8) is 0 Å². The van der Waals surface area contributed by atoms with Gasteiger partial charge in [0.1, 0.15) is 5.65 Å². The lowest BCUT2D eigenvalue weighted by atomic mass is 9.65. The molecule has 0 aromatic carbocycles. The predicted molar refractivity (Wildman–Crippen MR) is 58.7 cm³/mol. The van der Waals surface area contributed by atoms with Crippen molar-refractivity contribution >= 4 is 11.0 Å². The molecule has 0 radical (unpaired) electrons. The number of hydrogen-bond acceptors (Lipinski definition) is 2. The Morgan fingerprint density at radius 1 is 1.47 bits per heavy atom. The second-order valence-electron chi connectivity index (χ2n) is 4.39. The van der Waals surface area contributed by atoms with E-state index < -0.39 is 0 Å². The first kappa shape index (κ1) is 8.92. The van der Waals surface area contributed by atoms with E-state index in [4.69, 9.17) is 0 Å². The lowest BCUT2D eigenvalue weighted by Crippen LogP contribution is -2.37. The van der Waals surface area contributed by atoms with Gasteiger partial charge in [-0.1, -0.05) is 6.42 Å². The molecule has 2 heterocycles. The molecule has 3 heteroatoms. The van der Waals surface area contributed by atoms with Crippen LogP contribution in [0.3, 0.4) is 0 Å². The highest BCUT2D eigenvalue weighted by Crippen LogP contribution is 2.45. The normalized spacial score (nSPS) is 19.0. The van der Waals surface area contributed by atoms with Gasteiger partial charge in [0, 0.05) is 23.2 Å². The minimum atomic E-state index is 0.00127. The fourth-order valence-electron chi connectivity index (χ4n) is 2.51. The third-order valence-corrected chi connectivity index (χ3v) is 3.64. The summed E-state index contributed by atoms with van der Waals surface area (Å²) in [6.45, 7) is 0.245. The van der Waals surface area contributed by atoms with Crippen LogP contribution in [-0.2, 0) is 5.41 Å². The molecule has 0 saturated heterocycles. The Hall–Kier alpha value is -1.35. The summed E-state index contributed by atoms with van der Waals surface area (Å²) in [5.41, 5.74) is 2.16. The van der Waals surface area contributed by atoms with Crippen LogP contribution in [0.1, 0.15) is 24.8 Å². The summed E-state index contributed by atoms with van der Waals surface area (Å²) in [4.78, 5) is 7.45. The number of aliphatic hydroxyl groups excluding tert-OH is 1. The summed E-state index contributed by atoms with van der Waals surface area (Å²) in [6.07, 6.45) is 7.19. The zero-order chi connectivity index (χ0) is 10.3. The van der Waals surface area contributed by atoms with Gasteiger partial charge in [-0.25, -0.2) is 4.98 Å². The van der Waals surface area contributed by atoms with Crippen molar-refractivity contribution in [3.05, 3.63) is 30.1 Å². The van der Waals surface area contributed by atoms with Gasteiger partial charge in [0.25, 0.3) is 0 Å². The van der Waals surface area contributed by atoms with E-state index >= 15 is 0 Å². The highest BCUT2D eigenvalue weighted by atomic mass is 16.3. The van der Waals surface area contributed by atoms with Crippen molar-refractivity contribution in [1.29, 1.82) is 0 Å². The summed E-state index contributed by atoms with van der Waals surface area (Å²) in [6, 6.07) is 4.02. The molecule has 0 unspecified atom stereocenters. The summed E-state index contributed by atoms with van der Waals surface area (Å²) in [5.74, 6) is 0. The van der Waals surface area contributed by atoms with Gasteiger partial charge in [0.05, 0.1) is 6.61 Å². The second kappa shape index (κ2) is 3.07. The highest BCUT2D eigenvalue weighted by Gasteiger charge is 2.39. The van der Waals surface area contributed by atoms with Crippen molar-refractivity contribution in [3.8, 4) is 0 Å². The first-order valence-corrected chi connectivity index (χ1v) is 5.39. The van der Waals surface area contributed by atoms with E-state index in [2.05, 4.69) is 16.0 Å². The zero-order valence-corrected chi connectivity index (χ0v) is 8.53. The molecule has 78 valence electrons. The molecule has 1 aliphatic carbocycles. The van der Waals surface area contributed by atoms with E-state index in [1.807, 2.05) is 12.3 Å². The van der Waals surface area contributed by atoms with Gasteiger partial charge in [0.15, 0.2) is 0 Å². The molecule has 0 spiro atoms. The Morgan fingerprint density at radius 3 is 3.00 bits per heavy atom. The summed E-state index contributed by atoms with van der Waals surface area (Å²) < 4.78 is 0. The van der Waals surface area contributed by atoms with E-state index in [0.29, 0.717) is 0 Å².